The van der Waals surface area contributed by atoms with Crippen molar-refractivity contribution in [3.63, 3.8) is 0 Å². The molecular formula is C20H16N4S. The molecule has 4 nitrogen and oxygen atoms in total. The lowest BCUT2D eigenvalue weighted by Gasteiger charge is -2.14. The van der Waals surface area contributed by atoms with Crippen molar-refractivity contribution in [2.75, 3.05) is 10.6 Å². The first-order valence-electron chi connectivity index (χ1n) is 7.97. The molecule has 4 aromatic rings. The molecule has 2 aromatic carbocycles. The van der Waals surface area contributed by atoms with Crippen molar-refractivity contribution >= 4 is 50.4 Å². The zero-order valence-electron chi connectivity index (χ0n) is 13.7. The van der Waals surface area contributed by atoms with Crippen molar-refractivity contribution in [2.24, 2.45) is 0 Å². The second kappa shape index (κ2) is 6.45. The minimum absolute atomic E-state index is 0.544. The van der Waals surface area contributed by atoms with Gasteiger partial charge >= 0.3 is 0 Å². The third-order valence-electron chi connectivity index (χ3n) is 4.07. The van der Waals surface area contributed by atoms with Crippen molar-refractivity contribution in [3.8, 4) is 0 Å². The highest BCUT2D eigenvalue weighted by atomic mass is 32.1. The topological polar surface area (TPSA) is 49.8 Å². The van der Waals surface area contributed by atoms with Crippen LogP contribution in [-0.4, -0.2) is 15.1 Å². The molecule has 4 rings (SSSR count). The lowest BCUT2D eigenvalue weighted by Crippen LogP contribution is -2.19. The molecule has 0 fully saturated rings. The van der Waals surface area contributed by atoms with Crippen LogP contribution in [0.4, 0.5) is 11.4 Å². The van der Waals surface area contributed by atoms with Gasteiger partial charge in [0, 0.05) is 35.1 Å². The Hall–Kier alpha value is -3.05. The number of hydrogen-bond acceptors (Lipinski definition) is 3. The Labute approximate surface area is 150 Å². The highest BCUT2D eigenvalue weighted by Crippen LogP contribution is 2.30. The van der Waals surface area contributed by atoms with Gasteiger partial charge in [-0.15, -0.1) is 0 Å². The van der Waals surface area contributed by atoms with E-state index in [0.29, 0.717) is 5.11 Å². The van der Waals surface area contributed by atoms with Crippen LogP contribution in [0.25, 0.3) is 21.7 Å². The Morgan fingerprint density at radius 3 is 2.64 bits per heavy atom. The molecule has 0 aliphatic carbocycles. The number of nitrogens with zero attached hydrogens (tertiary/aromatic N) is 2. The van der Waals surface area contributed by atoms with Crippen molar-refractivity contribution in [1.29, 1.82) is 0 Å². The molecule has 122 valence electrons. The van der Waals surface area contributed by atoms with Gasteiger partial charge in [-0.1, -0.05) is 17.7 Å². The Morgan fingerprint density at radius 2 is 1.80 bits per heavy atom. The summed E-state index contributed by atoms with van der Waals surface area (Å²) in [5, 5.41) is 10.2. The van der Waals surface area contributed by atoms with Gasteiger partial charge in [0.25, 0.3) is 0 Å². The van der Waals surface area contributed by atoms with Gasteiger partial charge in [-0.05, 0) is 60.9 Å². The molecule has 0 atom stereocenters. The van der Waals surface area contributed by atoms with Gasteiger partial charge in [0.15, 0.2) is 5.11 Å². The van der Waals surface area contributed by atoms with Crippen molar-refractivity contribution < 1.29 is 0 Å². The molecule has 0 saturated carbocycles. The first-order chi connectivity index (χ1) is 12.2. The van der Waals surface area contributed by atoms with E-state index in [2.05, 4.69) is 33.6 Å². The molecule has 2 heterocycles. The first-order valence-corrected chi connectivity index (χ1v) is 8.38. The van der Waals surface area contributed by atoms with Gasteiger partial charge in [0.1, 0.15) is 0 Å². The van der Waals surface area contributed by atoms with Crippen LogP contribution in [0.2, 0.25) is 0 Å². The van der Waals surface area contributed by atoms with Crippen LogP contribution in [0.15, 0.2) is 67.1 Å². The van der Waals surface area contributed by atoms with Crippen LogP contribution in [0.3, 0.4) is 0 Å². The van der Waals surface area contributed by atoms with Gasteiger partial charge < -0.3 is 10.6 Å². The van der Waals surface area contributed by atoms with E-state index in [1.165, 1.54) is 5.56 Å². The summed E-state index contributed by atoms with van der Waals surface area (Å²) in [6.07, 6.45) is 5.42. The monoisotopic (exact) mass is 344 g/mol. The van der Waals surface area contributed by atoms with E-state index in [9.17, 15) is 0 Å². The normalized spacial score (nSPS) is 10.8. The van der Waals surface area contributed by atoms with Gasteiger partial charge in [-0.25, -0.2) is 0 Å². The van der Waals surface area contributed by atoms with E-state index in [0.717, 1.165) is 33.1 Å². The van der Waals surface area contributed by atoms with Crippen molar-refractivity contribution in [3.05, 3.63) is 72.7 Å². The zero-order chi connectivity index (χ0) is 17.2. The summed E-state index contributed by atoms with van der Waals surface area (Å²) >= 11 is 5.48. The average molecular weight is 344 g/mol. The lowest BCUT2D eigenvalue weighted by atomic mass is 10.1. The fourth-order valence-electron chi connectivity index (χ4n) is 2.82. The van der Waals surface area contributed by atoms with Gasteiger partial charge in [-0.2, -0.15) is 0 Å². The average Bonchev–Trinajstić information content (AvgIpc) is 2.64. The molecule has 5 heteroatoms. The fraction of sp³-hybridized carbons (Fsp3) is 0.0500. The SMILES string of the molecule is Cc1ccc(NC(=S)Nc2cc3ccncc3c3ncccc23)cc1. The predicted molar refractivity (Wildman–Crippen MR) is 108 cm³/mol. The number of anilines is 2. The lowest BCUT2D eigenvalue weighted by molar-refractivity contribution is 1.36. The summed E-state index contributed by atoms with van der Waals surface area (Å²) in [4.78, 5) is 8.75. The highest BCUT2D eigenvalue weighted by Gasteiger charge is 2.09. The predicted octanol–water partition coefficient (Wildman–Crippen LogP) is 4.90. The van der Waals surface area contributed by atoms with E-state index in [-0.39, 0.29) is 0 Å². The molecule has 2 N–H and O–H groups in total. The molecule has 2 aromatic heterocycles. The maximum atomic E-state index is 5.48. The van der Waals surface area contributed by atoms with Crippen LogP contribution in [-0.2, 0) is 0 Å². The second-order valence-electron chi connectivity index (χ2n) is 5.87. The first kappa shape index (κ1) is 15.5. The van der Waals surface area contributed by atoms with Gasteiger partial charge in [-0.3, -0.25) is 9.97 Å². The Balaban J connectivity index is 1.70. The van der Waals surface area contributed by atoms with E-state index < -0.39 is 0 Å². The molecule has 0 unspecified atom stereocenters. The van der Waals surface area contributed by atoms with Crippen LogP contribution >= 0.6 is 12.2 Å². The molecule has 0 amide bonds. The summed E-state index contributed by atoms with van der Waals surface area (Å²) < 4.78 is 0. The summed E-state index contributed by atoms with van der Waals surface area (Å²) in [5.74, 6) is 0. The van der Waals surface area contributed by atoms with E-state index in [1.54, 1.807) is 12.4 Å². The minimum Gasteiger partial charge on any atom is -0.332 e. The van der Waals surface area contributed by atoms with Gasteiger partial charge in [0.2, 0.25) is 0 Å². The molecule has 25 heavy (non-hydrogen) atoms. The molecule has 0 saturated heterocycles. The summed E-state index contributed by atoms with van der Waals surface area (Å²) in [7, 11) is 0. The Morgan fingerprint density at radius 1 is 0.960 bits per heavy atom. The molecule has 0 aliphatic heterocycles. The summed E-state index contributed by atoms with van der Waals surface area (Å²) in [5.41, 5.74) is 4.00. The van der Waals surface area contributed by atoms with E-state index in [4.69, 9.17) is 12.2 Å². The number of benzene rings is 2. The maximum Gasteiger partial charge on any atom is 0.175 e. The highest BCUT2D eigenvalue weighted by molar-refractivity contribution is 7.80. The number of aromatic nitrogens is 2. The Kier molecular flexibility index (Phi) is 3.99. The number of nitrogens with one attached hydrogen (secondary N) is 2. The van der Waals surface area contributed by atoms with E-state index in [1.807, 2.05) is 48.7 Å². The number of fused-ring (bicyclic) bond motifs is 3. The smallest absolute Gasteiger partial charge is 0.175 e. The van der Waals surface area contributed by atoms with Gasteiger partial charge in [0.05, 0.1) is 11.2 Å². The third kappa shape index (κ3) is 3.14. The molecule has 0 aliphatic rings. The molecule has 0 spiro atoms. The fourth-order valence-corrected chi connectivity index (χ4v) is 3.05. The summed E-state index contributed by atoms with van der Waals surface area (Å²) in [6.45, 7) is 2.06. The second-order valence-corrected chi connectivity index (χ2v) is 6.27. The van der Waals surface area contributed by atoms with Crippen LogP contribution in [0.1, 0.15) is 5.56 Å². The standard InChI is InChI=1S/C20H16N4S/c1-13-4-6-15(7-5-13)23-20(25)24-18-11-14-8-10-21-12-17(14)19-16(18)3-2-9-22-19/h2-12H,1H3,(H2,23,24,25). The quantitative estimate of drug-likeness (QED) is 0.400. The number of aryl methyl sites for hydroxylation is 1. The van der Waals surface area contributed by atoms with Crippen LogP contribution in [0, 0.1) is 6.92 Å². The van der Waals surface area contributed by atoms with E-state index >= 15 is 0 Å². The largest absolute Gasteiger partial charge is 0.332 e. The van der Waals surface area contributed by atoms with Crippen molar-refractivity contribution in [1.82, 2.24) is 9.97 Å². The maximum absolute atomic E-state index is 5.48. The van der Waals surface area contributed by atoms with Crippen molar-refractivity contribution in [2.45, 2.75) is 6.92 Å². The van der Waals surface area contributed by atoms with Crippen LogP contribution in [0.5, 0.6) is 0 Å². The Bertz CT molecular complexity index is 1070. The molecular weight excluding hydrogens is 328 g/mol. The number of rotatable bonds is 2. The number of hydrogen-bond donors (Lipinski definition) is 2. The number of pyridine rings is 2. The van der Waals surface area contributed by atoms with Crippen LogP contribution < -0.4 is 10.6 Å². The zero-order valence-corrected chi connectivity index (χ0v) is 14.5. The third-order valence-corrected chi connectivity index (χ3v) is 4.27. The summed E-state index contributed by atoms with van der Waals surface area (Å²) in [6, 6.07) is 16.1. The molecule has 0 radical (unpaired) electrons. The minimum atomic E-state index is 0.544. The molecule has 0 bridgehead atoms. The number of thiocarbonyl (C=S) groups is 1.